The van der Waals surface area contributed by atoms with Gasteiger partial charge in [0, 0.05) is 0 Å². The molecule has 0 bridgehead atoms. The Bertz CT molecular complexity index is 432. The molecule has 1 aliphatic carbocycles. The van der Waals surface area contributed by atoms with Crippen LogP contribution in [0.3, 0.4) is 0 Å². The van der Waals surface area contributed by atoms with Gasteiger partial charge in [0.1, 0.15) is 0 Å². The Morgan fingerprint density at radius 3 is 2.42 bits per heavy atom. The summed E-state index contributed by atoms with van der Waals surface area (Å²) in [5.41, 5.74) is 0.852. The molecule has 2 rings (SSSR count). The van der Waals surface area contributed by atoms with Crippen LogP contribution in [-0.2, 0) is 6.42 Å². The molecule has 104 valence electrons. The summed E-state index contributed by atoms with van der Waals surface area (Å²) < 4.78 is 37.9. The van der Waals surface area contributed by atoms with Crippen molar-refractivity contribution < 1.29 is 13.2 Å². The molecule has 0 radical (unpaired) electrons. The van der Waals surface area contributed by atoms with Crippen molar-refractivity contribution in [1.82, 2.24) is 0 Å². The minimum Gasteiger partial charge on any atom is -0.216 e. The molecular formula is C16H19F3. The lowest BCUT2D eigenvalue weighted by molar-refractivity contribution is 0.295. The second-order valence-electron chi connectivity index (χ2n) is 5.39. The first-order valence-electron chi connectivity index (χ1n) is 6.90. The van der Waals surface area contributed by atoms with Gasteiger partial charge in [-0.1, -0.05) is 12.1 Å². The van der Waals surface area contributed by atoms with Crippen molar-refractivity contribution in [2.75, 3.05) is 0 Å². The van der Waals surface area contributed by atoms with Crippen molar-refractivity contribution in [3.05, 3.63) is 47.8 Å². The predicted molar refractivity (Wildman–Crippen MR) is 70.4 cm³/mol. The molecule has 0 aromatic heterocycles. The molecule has 0 saturated heterocycles. The lowest BCUT2D eigenvalue weighted by Gasteiger charge is -2.26. The minimum atomic E-state index is -0.790. The summed E-state index contributed by atoms with van der Waals surface area (Å²) in [6.07, 6.45) is 8.32. The first kappa shape index (κ1) is 14.2. The van der Waals surface area contributed by atoms with E-state index in [1.807, 2.05) is 0 Å². The van der Waals surface area contributed by atoms with Crippen molar-refractivity contribution in [2.45, 2.75) is 38.5 Å². The third-order valence-corrected chi connectivity index (χ3v) is 4.06. The summed E-state index contributed by atoms with van der Waals surface area (Å²) in [4.78, 5) is 0. The van der Waals surface area contributed by atoms with Gasteiger partial charge >= 0.3 is 0 Å². The molecule has 0 amide bonds. The summed E-state index contributed by atoms with van der Waals surface area (Å²) >= 11 is 0. The van der Waals surface area contributed by atoms with Crippen LogP contribution in [0.15, 0.2) is 30.6 Å². The number of halogens is 3. The van der Waals surface area contributed by atoms with Crippen molar-refractivity contribution in [3.8, 4) is 0 Å². The SMILES string of the molecule is FC=C[C@H]1CC[C@H](CCc2ccc(F)c(F)c2)CC1. The topological polar surface area (TPSA) is 0 Å². The highest BCUT2D eigenvalue weighted by Crippen LogP contribution is 2.32. The predicted octanol–water partition coefficient (Wildman–Crippen LogP) is 5.19. The third-order valence-electron chi connectivity index (χ3n) is 4.06. The second kappa shape index (κ2) is 6.78. The molecule has 19 heavy (non-hydrogen) atoms. The van der Waals surface area contributed by atoms with E-state index in [-0.39, 0.29) is 0 Å². The maximum Gasteiger partial charge on any atom is 0.159 e. The van der Waals surface area contributed by atoms with E-state index in [0.717, 1.165) is 44.1 Å². The Hall–Kier alpha value is -1.25. The van der Waals surface area contributed by atoms with E-state index in [1.54, 1.807) is 12.1 Å². The molecule has 1 saturated carbocycles. The Morgan fingerprint density at radius 1 is 1.05 bits per heavy atom. The van der Waals surface area contributed by atoms with Crippen molar-refractivity contribution in [1.29, 1.82) is 0 Å². The molecular weight excluding hydrogens is 249 g/mol. The number of aryl methyl sites for hydroxylation is 1. The molecule has 0 unspecified atom stereocenters. The average Bonchev–Trinajstić information content (AvgIpc) is 2.42. The monoisotopic (exact) mass is 268 g/mol. The molecule has 1 aliphatic rings. The molecule has 0 N–H and O–H groups in total. The summed E-state index contributed by atoms with van der Waals surface area (Å²) in [6, 6.07) is 4.12. The molecule has 1 fully saturated rings. The lowest BCUT2D eigenvalue weighted by Crippen LogP contribution is -2.13. The largest absolute Gasteiger partial charge is 0.216 e. The molecule has 0 nitrogen and oxygen atoms in total. The van der Waals surface area contributed by atoms with E-state index < -0.39 is 11.6 Å². The normalized spacial score (nSPS) is 23.9. The van der Waals surface area contributed by atoms with Crippen LogP contribution < -0.4 is 0 Å². The van der Waals surface area contributed by atoms with E-state index in [0.29, 0.717) is 18.2 Å². The van der Waals surface area contributed by atoms with Gasteiger partial charge in [-0.25, -0.2) is 13.2 Å². The van der Waals surface area contributed by atoms with Crippen LogP contribution in [-0.4, -0.2) is 0 Å². The number of rotatable bonds is 4. The number of hydrogen-bond donors (Lipinski definition) is 0. The highest BCUT2D eigenvalue weighted by Gasteiger charge is 2.19. The van der Waals surface area contributed by atoms with Gasteiger partial charge in [-0.05, 0) is 68.1 Å². The minimum absolute atomic E-state index is 0.379. The summed E-state index contributed by atoms with van der Waals surface area (Å²) in [7, 11) is 0. The Morgan fingerprint density at radius 2 is 1.79 bits per heavy atom. The number of benzene rings is 1. The van der Waals surface area contributed by atoms with Gasteiger partial charge in [0.15, 0.2) is 11.6 Å². The van der Waals surface area contributed by atoms with Crippen molar-refractivity contribution >= 4 is 0 Å². The van der Waals surface area contributed by atoms with Crippen LogP contribution >= 0.6 is 0 Å². The fourth-order valence-electron chi connectivity index (χ4n) is 2.84. The molecule has 0 atom stereocenters. The fourth-order valence-corrected chi connectivity index (χ4v) is 2.84. The van der Waals surface area contributed by atoms with E-state index >= 15 is 0 Å². The highest BCUT2D eigenvalue weighted by molar-refractivity contribution is 5.17. The lowest BCUT2D eigenvalue weighted by atomic mass is 9.79. The van der Waals surface area contributed by atoms with Gasteiger partial charge in [-0.15, -0.1) is 0 Å². The third kappa shape index (κ3) is 4.12. The molecule has 1 aromatic carbocycles. The van der Waals surface area contributed by atoms with Crippen LogP contribution in [0.5, 0.6) is 0 Å². The van der Waals surface area contributed by atoms with Gasteiger partial charge in [0.25, 0.3) is 0 Å². The number of allylic oxidation sites excluding steroid dienone is 1. The van der Waals surface area contributed by atoms with Crippen LogP contribution in [0.4, 0.5) is 13.2 Å². The highest BCUT2D eigenvalue weighted by atomic mass is 19.2. The molecule has 0 heterocycles. The maximum atomic E-state index is 13.1. The van der Waals surface area contributed by atoms with Crippen molar-refractivity contribution in [3.63, 3.8) is 0 Å². The van der Waals surface area contributed by atoms with E-state index in [4.69, 9.17) is 0 Å². The van der Waals surface area contributed by atoms with Crippen LogP contribution in [0.1, 0.15) is 37.7 Å². The van der Waals surface area contributed by atoms with Gasteiger partial charge in [-0.2, -0.15) is 0 Å². The molecule has 0 aliphatic heterocycles. The Labute approximate surface area is 112 Å². The van der Waals surface area contributed by atoms with Gasteiger partial charge in [0.05, 0.1) is 6.33 Å². The first-order valence-corrected chi connectivity index (χ1v) is 6.90. The van der Waals surface area contributed by atoms with Crippen LogP contribution in [0.25, 0.3) is 0 Å². The molecule has 1 aromatic rings. The summed E-state index contributed by atoms with van der Waals surface area (Å²) in [6.45, 7) is 0. The van der Waals surface area contributed by atoms with E-state index in [2.05, 4.69) is 0 Å². The van der Waals surface area contributed by atoms with Crippen molar-refractivity contribution in [2.24, 2.45) is 11.8 Å². The standard InChI is InChI=1S/C16H19F3/c17-10-9-13-3-1-12(2-4-13)5-6-14-7-8-15(18)16(19)11-14/h7-13H,1-6H2/t12-,13-. The van der Waals surface area contributed by atoms with Gasteiger partial charge in [0.2, 0.25) is 0 Å². The summed E-state index contributed by atoms with van der Waals surface area (Å²) in [5.74, 6) is -0.557. The van der Waals surface area contributed by atoms with Crippen LogP contribution in [0, 0.1) is 23.5 Å². The smallest absolute Gasteiger partial charge is 0.159 e. The van der Waals surface area contributed by atoms with E-state index in [9.17, 15) is 13.2 Å². The Kier molecular flexibility index (Phi) is 5.06. The quantitative estimate of drug-likeness (QED) is 0.705. The summed E-state index contributed by atoms with van der Waals surface area (Å²) in [5, 5.41) is 0. The van der Waals surface area contributed by atoms with Gasteiger partial charge < -0.3 is 0 Å². The zero-order valence-corrected chi connectivity index (χ0v) is 10.9. The Balaban J connectivity index is 1.78. The first-order chi connectivity index (χ1) is 9.19. The molecule has 3 heteroatoms. The van der Waals surface area contributed by atoms with Crippen LogP contribution in [0.2, 0.25) is 0 Å². The fraction of sp³-hybridized carbons (Fsp3) is 0.500. The average molecular weight is 268 g/mol. The zero-order valence-electron chi connectivity index (χ0n) is 10.9. The van der Waals surface area contributed by atoms with E-state index in [1.165, 1.54) is 12.1 Å². The van der Waals surface area contributed by atoms with Gasteiger partial charge in [-0.3, -0.25) is 0 Å². The second-order valence-corrected chi connectivity index (χ2v) is 5.39. The molecule has 0 spiro atoms. The maximum absolute atomic E-state index is 13.1. The number of hydrogen-bond acceptors (Lipinski definition) is 0. The zero-order chi connectivity index (χ0) is 13.7.